The number of carbonyl (C=O) groups excluding carboxylic acids is 1. The first-order valence-corrected chi connectivity index (χ1v) is 9.30. The summed E-state index contributed by atoms with van der Waals surface area (Å²) < 4.78 is 16.6. The number of piperidine rings is 1. The molecule has 3 heterocycles. The standard InChI is InChI=1S/C19H23N3O5/c1-25-12-7-8-13(15(23)11-12)19(24)22-9-3-2-5-14(22)17-20-21-18(27-17)16-6-4-10-26-16/h7-8,11,14,16,23H,2-6,9-10H2,1H3/t14-,16+/m0/s1. The predicted octanol–water partition coefficient (Wildman–Crippen LogP) is 3.00. The summed E-state index contributed by atoms with van der Waals surface area (Å²) in [5.41, 5.74) is 0.238. The number of amides is 1. The molecule has 0 radical (unpaired) electrons. The summed E-state index contributed by atoms with van der Waals surface area (Å²) in [6.45, 7) is 1.28. The second-order valence-electron chi connectivity index (χ2n) is 6.87. The maximum atomic E-state index is 13.1. The van der Waals surface area contributed by atoms with Crippen LogP contribution in [0.25, 0.3) is 0 Å². The number of phenols is 1. The van der Waals surface area contributed by atoms with Crippen molar-refractivity contribution < 1.29 is 23.8 Å². The molecule has 2 saturated heterocycles. The Balaban J connectivity index is 1.58. The Bertz CT molecular complexity index is 815. The largest absolute Gasteiger partial charge is 0.507 e. The molecule has 2 atom stereocenters. The summed E-state index contributed by atoms with van der Waals surface area (Å²) in [6.07, 6.45) is 4.31. The molecule has 1 aromatic carbocycles. The van der Waals surface area contributed by atoms with E-state index in [9.17, 15) is 9.90 Å². The number of aromatic nitrogens is 2. The van der Waals surface area contributed by atoms with Gasteiger partial charge in [-0.1, -0.05) is 0 Å². The number of ether oxygens (including phenoxy) is 2. The molecule has 1 amide bonds. The molecule has 27 heavy (non-hydrogen) atoms. The van der Waals surface area contributed by atoms with Crippen LogP contribution in [0.3, 0.4) is 0 Å². The second-order valence-corrected chi connectivity index (χ2v) is 6.87. The van der Waals surface area contributed by atoms with Gasteiger partial charge in [0.15, 0.2) is 0 Å². The van der Waals surface area contributed by atoms with Crippen molar-refractivity contribution >= 4 is 5.91 Å². The van der Waals surface area contributed by atoms with Gasteiger partial charge in [0.1, 0.15) is 23.6 Å². The third kappa shape index (κ3) is 3.49. The van der Waals surface area contributed by atoms with E-state index >= 15 is 0 Å². The highest BCUT2D eigenvalue weighted by atomic mass is 16.5. The third-order valence-corrected chi connectivity index (χ3v) is 5.15. The van der Waals surface area contributed by atoms with E-state index < -0.39 is 0 Å². The SMILES string of the molecule is COc1ccc(C(=O)N2CCCC[C@H]2c2nnc([C@H]3CCCO3)o2)c(O)c1. The van der Waals surface area contributed by atoms with Crippen LogP contribution in [0, 0.1) is 0 Å². The van der Waals surface area contributed by atoms with E-state index in [1.807, 2.05) is 0 Å². The van der Waals surface area contributed by atoms with Crippen LogP contribution < -0.4 is 4.74 Å². The van der Waals surface area contributed by atoms with Crippen LogP contribution in [0.15, 0.2) is 22.6 Å². The number of benzene rings is 1. The summed E-state index contributed by atoms with van der Waals surface area (Å²) in [6, 6.07) is 4.38. The molecular formula is C19H23N3O5. The Morgan fingerprint density at radius 1 is 1.22 bits per heavy atom. The second kappa shape index (κ2) is 7.56. The lowest BCUT2D eigenvalue weighted by atomic mass is 10.0. The molecule has 2 aliphatic rings. The van der Waals surface area contributed by atoms with Crippen molar-refractivity contribution in [1.82, 2.24) is 15.1 Å². The topological polar surface area (TPSA) is 97.9 Å². The van der Waals surface area contributed by atoms with E-state index in [0.29, 0.717) is 30.7 Å². The van der Waals surface area contributed by atoms with Crippen molar-refractivity contribution in [2.45, 2.75) is 44.2 Å². The fraction of sp³-hybridized carbons (Fsp3) is 0.526. The van der Waals surface area contributed by atoms with Gasteiger partial charge in [-0.05, 0) is 44.2 Å². The molecule has 8 nitrogen and oxygen atoms in total. The first-order chi connectivity index (χ1) is 13.2. The summed E-state index contributed by atoms with van der Waals surface area (Å²) >= 11 is 0. The number of hydrogen-bond acceptors (Lipinski definition) is 7. The maximum absolute atomic E-state index is 13.1. The minimum atomic E-state index is -0.296. The minimum Gasteiger partial charge on any atom is -0.507 e. The Hall–Kier alpha value is -2.61. The number of carbonyl (C=O) groups is 1. The van der Waals surface area contributed by atoms with Gasteiger partial charge in [0.25, 0.3) is 5.91 Å². The quantitative estimate of drug-likeness (QED) is 0.879. The number of aromatic hydroxyl groups is 1. The highest BCUT2D eigenvalue weighted by Crippen LogP contribution is 2.35. The Kier molecular flexibility index (Phi) is 4.98. The molecule has 0 aliphatic carbocycles. The predicted molar refractivity (Wildman–Crippen MR) is 94.5 cm³/mol. The molecule has 1 N–H and O–H groups in total. The summed E-state index contributed by atoms with van der Waals surface area (Å²) in [5.74, 6) is 1.05. The van der Waals surface area contributed by atoms with Gasteiger partial charge in [0, 0.05) is 19.2 Å². The molecule has 0 bridgehead atoms. The van der Waals surface area contributed by atoms with Crippen LogP contribution in [0.1, 0.15) is 66.4 Å². The average molecular weight is 373 g/mol. The van der Waals surface area contributed by atoms with E-state index in [1.54, 1.807) is 17.0 Å². The van der Waals surface area contributed by atoms with Crippen LogP contribution in [0.4, 0.5) is 0 Å². The number of likely N-dealkylation sites (tertiary alicyclic amines) is 1. The van der Waals surface area contributed by atoms with E-state index in [4.69, 9.17) is 13.9 Å². The monoisotopic (exact) mass is 373 g/mol. The first kappa shape index (κ1) is 17.8. The lowest BCUT2D eigenvalue weighted by Crippen LogP contribution is -2.38. The van der Waals surface area contributed by atoms with E-state index in [1.165, 1.54) is 13.2 Å². The number of methoxy groups -OCH3 is 1. The van der Waals surface area contributed by atoms with Gasteiger partial charge >= 0.3 is 0 Å². The summed E-state index contributed by atoms with van der Waals surface area (Å²) in [7, 11) is 1.51. The van der Waals surface area contributed by atoms with Crippen molar-refractivity contribution in [3.05, 3.63) is 35.5 Å². The molecule has 0 unspecified atom stereocenters. The van der Waals surface area contributed by atoms with Crippen LogP contribution in [0.2, 0.25) is 0 Å². The zero-order chi connectivity index (χ0) is 18.8. The number of phenolic OH excluding ortho intramolecular Hbond substituents is 1. The Morgan fingerprint density at radius 3 is 2.81 bits per heavy atom. The fourth-order valence-electron chi connectivity index (χ4n) is 3.69. The molecule has 0 spiro atoms. The zero-order valence-corrected chi connectivity index (χ0v) is 15.3. The highest BCUT2D eigenvalue weighted by molar-refractivity contribution is 5.97. The van der Waals surface area contributed by atoms with Gasteiger partial charge in [-0.3, -0.25) is 4.79 Å². The van der Waals surface area contributed by atoms with Crippen LogP contribution in [-0.4, -0.2) is 46.4 Å². The van der Waals surface area contributed by atoms with Gasteiger partial charge in [-0.25, -0.2) is 0 Å². The van der Waals surface area contributed by atoms with Gasteiger partial charge in [0.2, 0.25) is 11.8 Å². The van der Waals surface area contributed by atoms with Crippen molar-refractivity contribution in [3.8, 4) is 11.5 Å². The Labute approximate surface area is 157 Å². The van der Waals surface area contributed by atoms with Crippen LogP contribution in [0.5, 0.6) is 11.5 Å². The molecular weight excluding hydrogens is 350 g/mol. The molecule has 144 valence electrons. The van der Waals surface area contributed by atoms with Crippen molar-refractivity contribution in [2.24, 2.45) is 0 Å². The van der Waals surface area contributed by atoms with Gasteiger partial charge < -0.3 is 23.9 Å². The van der Waals surface area contributed by atoms with Gasteiger partial charge in [0.05, 0.1) is 12.7 Å². The highest BCUT2D eigenvalue weighted by Gasteiger charge is 2.34. The van der Waals surface area contributed by atoms with Crippen molar-refractivity contribution in [2.75, 3.05) is 20.3 Å². The van der Waals surface area contributed by atoms with E-state index in [-0.39, 0.29) is 29.4 Å². The molecule has 2 fully saturated rings. The lowest BCUT2D eigenvalue weighted by molar-refractivity contribution is 0.0547. The molecule has 8 heteroatoms. The first-order valence-electron chi connectivity index (χ1n) is 9.30. The molecule has 4 rings (SSSR count). The third-order valence-electron chi connectivity index (χ3n) is 5.15. The van der Waals surface area contributed by atoms with Crippen molar-refractivity contribution in [3.63, 3.8) is 0 Å². The maximum Gasteiger partial charge on any atom is 0.258 e. The molecule has 2 aromatic rings. The number of rotatable bonds is 4. The zero-order valence-electron chi connectivity index (χ0n) is 15.3. The number of nitrogens with zero attached hydrogens (tertiary/aromatic N) is 3. The minimum absolute atomic E-state index is 0.103. The van der Waals surface area contributed by atoms with Crippen molar-refractivity contribution in [1.29, 1.82) is 0 Å². The van der Waals surface area contributed by atoms with E-state index in [0.717, 1.165) is 32.1 Å². The molecule has 0 saturated carbocycles. The Morgan fingerprint density at radius 2 is 2.07 bits per heavy atom. The normalized spacial score (nSPS) is 22.8. The van der Waals surface area contributed by atoms with Gasteiger partial charge in [-0.15, -0.1) is 10.2 Å². The number of hydrogen-bond donors (Lipinski definition) is 1. The summed E-state index contributed by atoms with van der Waals surface area (Å²) in [4.78, 5) is 14.8. The average Bonchev–Trinajstić information content (AvgIpc) is 3.39. The van der Waals surface area contributed by atoms with Gasteiger partial charge in [-0.2, -0.15) is 0 Å². The van der Waals surface area contributed by atoms with E-state index in [2.05, 4.69) is 10.2 Å². The fourth-order valence-corrected chi connectivity index (χ4v) is 3.69. The lowest BCUT2D eigenvalue weighted by Gasteiger charge is -2.33. The molecule has 1 aromatic heterocycles. The summed E-state index contributed by atoms with van der Waals surface area (Å²) in [5, 5.41) is 18.6. The van der Waals surface area contributed by atoms with Crippen LogP contribution in [-0.2, 0) is 4.74 Å². The smallest absolute Gasteiger partial charge is 0.258 e. The molecule has 2 aliphatic heterocycles. The van der Waals surface area contributed by atoms with Crippen LogP contribution >= 0.6 is 0 Å².